The maximum absolute atomic E-state index is 13.7. The van der Waals surface area contributed by atoms with Crippen molar-refractivity contribution in [2.24, 2.45) is 0 Å². The van der Waals surface area contributed by atoms with Crippen molar-refractivity contribution in [3.8, 4) is 17.2 Å². The van der Waals surface area contributed by atoms with E-state index < -0.39 is 60.0 Å². The van der Waals surface area contributed by atoms with E-state index in [0.717, 1.165) is 0 Å². The van der Waals surface area contributed by atoms with E-state index in [-0.39, 0.29) is 35.7 Å². The summed E-state index contributed by atoms with van der Waals surface area (Å²) in [5.41, 5.74) is -8.42. The molecule has 12 heteroatoms. The first kappa shape index (κ1) is 35.1. The van der Waals surface area contributed by atoms with Crippen LogP contribution in [0.4, 0.5) is 26.3 Å². The van der Waals surface area contributed by atoms with Crippen molar-refractivity contribution in [1.82, 2.24) is 0 Å². The second kappa shape index (κ2) is 11.9. The number of rotatable bonds is 6. The van der Waals surface area contributed by atoms with Crippen LogP contribution in [0.1, 0.15) is 83.8 Å². The van der Waals surface area contributed by atoms with Gasteiger partial charge in [-0.15, -0.1) is 0 Å². The molecule has 0 aliphatic carbocycles. The number of ether oxygens (including phenoxy) is 3. The van der Waals surface area contributed by atoms with Gasteiger partial charge in [0.05, 0.1) is 16.4 Å². The first-order chi connectivity index (χ1) is 16.9. The van der Waals surface area contributed by atoms with Gasteiger partial charge in [0.15, 0.2) is 5.52 Å². The predicted octanol–water partition coefficient (Wildman–Crippen LogP) is 8.02. The van der Waals surface area contributed by atoms with Crippen LogP contribution in [0.5, 0.6) is 17.2 Å². The first-order valence-electron chi connectivity index (χ1n) is 11.7. The quantitative estimate of drug-likeness (QED) is 0.200. The number of alkyl halides is 6. The second-order valence-corrected chi connectivity index (χ2v) is 12.8. The van der Waals surface area contributed by atoms with Gasteiger partial charge in [0.25, 0.3) is 0 Å². The van der Waals surface area contributed by atoms with E-state index in [0.29, 0.717) is 23.9 Å². The number of carbonyl (C=O) groups is 1. The van der Waals surface area contributed by atoms with Gasteiger partial charge in [-0.2, -0.15) is 26.3 Å². The maximum Gasteiger partial charge on any atom is 0.417 e. The topological polar surface area (TPSA) is 44.8 Å². The van der Waals surface area contributed by atoms with Crippen molar-refractivity contribution in [2.45, 2.75) is 91.5 Å². The zero-order valence-electron chi connectivity index (χ0n) is 23.8. The van der Waals surface area contributed by atoms with Gasteiger partial charge < -0.3 is 14.2 Å². The SMILES string of the molecule is CC(C)(C)Oc1cc(OC(C)(C)C)c(PC(=O)c2c(C(F)(F)F)cccc2C(F)(F)F)c(OC(C)(C)C)c1.[Li]. The van der Waals surface area contributed by atoms with Gasteiger partial charge >= 0.3 is 12.4 Å². The van der Waals surface area contributed by atoms with Crippen molar-refractivity contribution in [2.75, 3.05) is 0 Å². The molecule has 0 aliphatic heterocycles. The van der Waals surface area contributed by atoms with E-state index >= 15 is 0 Å². The van der Waals surface area contributed by atoms with E-state index in [1.807, 2.05) is 0 Å². The predicted molar refractivity (Wildman–Crippen MR) is 142 cm³/mol. The van der Waals surface area contributed by atoms with Gasteiger partial charge in [-0.05, 0) is 83.0 Å². The van der Waals surface area contributed by atoms with Gasteiger partial charge in [0.1, 0.15) is 34.1 Å². The van der Waals surface area contributed by atoms with E-state index in [4.69, 9.17) is 14.2 Å². The second-order valence-electron chi connectivity index (χ2n) is 11.6. The molecule has 2 rings (SSSR count). The molecule has 2 aromatic rings. The smallest absolute Gasteiger partial charge is 0.417 e. The molecule has 0 amide bonds. The number of carbonyl (C=O) groups excluding carboxylic acids is 1. The standard InChI is InChI=1S/C27H33F6O4P.Li/c1-23(2,3)35-15-13-18(36-24(4,5)6)21(19(14-15)37-25(7,8)9)38-22(34)20-16(26(28,29)30)11-10-12-17(20)27(31,32)33;/h10-14,38H,1-9H3;. The summed E-state index contributed by atoms with van der Waals surface area (Å²) >= 11 is 0. The Morgan fingerprint density at radius 1 is 0.667 bits per heavy atom. The van der Waals surface area contributed by atoms with E-state index in [1.54, 1.807) is 62.3 Å². The van der Waals surface area contributed by atoms with Crippen molar-refractivity contribution < 1.29 is 45.3 Å². The minimum Gasteiger partial charge on any atom is -0.488 e. The molecule has 1 unspecified atom stereocenters. The summed E-state index contributed by atoms with van der Waals surface area (Å²) in [6.45, 7) is 15.7. The number of hydrogen-bond acceptors (Lipinski definition) is 4. The Balaban J connectivity index is 0.00000760. The van der Waals surface area contributed by atoms with Crippen LogP contribution in [0.2, 0.25) is 0 Å². The molecule has 213 valence electrons. The van der Waals surface area contributed by atoms with Crippen LogP contribution in [0, 0.1) is 0 Å². The van der Waals surface area contributed by atoms with Crippen molar-refractivity contribution in [1.29, 1.82) is 0 Å². The van der Waals surface area contributed by atoms with Crippen LogP contribution in [0.15, 0.2) is 30.3 Å². The molecule has 0 heterocycles. The molecule has 0 bridgehead atoms. The average molecular weight is 573 g/mol. The first-order valence-corrected chi connectivity index (χ1v) is 12.7. The molecule has 4 nitrogen and oxygen atoms in total. The minimum absolute atomic E-state index is 0. The maximum atomic E-state index is 13.7. The summed E-state index contributed by atoms with van der Waals surface area (Å²) in [5.74, 6) is 0.412. The van der Waals surface area contributed by atoms with Crippen LogP contribution in [0.25, 0.3) is 0 Å². The summed E-state index contributed by atoms with van der Waals surface area (Å²) < 4.78 is 100. The molecule has 1 atom stereocenters. The largest absolute Gasteiger partial charge is 0.488 e. The molecule has 0 fully saturated rings. The van der Waals surface area contributed by atoms with Crippen LogP contribution in [-0.4, -0.2) is 41.2 Å². The van der Waals surface area contributed by atoms with E-state index in [9.17, 15) is 31.1 Å². The Bertz CT molecular complexity index is 1100. The Morgan fingerprint density at radius 2 is 1.03 bits per heavy atom. The molecule has 0 saturated heterocycles. The van der Waals surface area contributed by atoms with E-state index in [2.05, 4.69) is 0 Å². The third-order valence-electron chi connectivity index (χ3n) is 4.44. The van der Waals surface area contributed by atoms with Crippen molar-refractivity contribution >= 4 is 38.3 Å². The molecule has 0 N–H and O–H groups in total. The molecule has 0 aliphatic rings. The van der Waals surface area contributed by atoms with Gasteiger partial charge in [0.2, 0.25) is 0 Å². The van der Waals surface area contributed by atoms with Gasteiger partial charge in [-0.25, -0.2) is 0 Å². The normalized spacial score (nSPS) is 13.3. The van der Waals surface area contributed by atoms with Crippen LogP contribution in [-0.2, 0) is 12.4 Å². The van der Waals surface area contributed by atoms with E-state index in [1.165, 1.54) is 12.1 Å². The Hall–Kier alpha value is -1.88. The fourth-order valence-electron chi connectivity index (χ4n) is 3.37. The number of benzene rings is 2. The van der Waals surface area contributed by atoms with Gasteiger partial charge in [-0.1, -0.05) is 6.07 Å². The average Bonchev–Trinajstić information content (AvgIpc) is 2.64. The Morgan fingerprint density at radius 3 is 1.33 bits per heavy atom. The summed E-state index contributed by atoms with van der Waals surface area (Å²) in [6.07, 6.45) is -10.4. The third kappa shape index (κ3) is 10.6. The molecule has 39 heavy (non-hydrogen) atoms. The Labute approximate surface area is 239 Å². The summed E-state index contributed by atoms with van der Waals surface area (Å²) in [4.78, 5) is 13.4. The molecule has 0 spiro atoms. The molecule has 0 saturated carbocycles. The zero-order valence-corrected chi connectivity index (χ0v) is 24.8. The summed E-state index contributed by atoms with van der Waals surface area (Å²) in [5, 5.41) is 0.0335. The van der Waals surface area contributed by atoms with Crippen LogP contribution in [0.3, 0.4) is 0 Å². The molecular formula is C27H33F6LiO4P. The minimum atomic E-state index is -5.18. The molecular weight excluding hydrogens is 540 g/mol. The van der Waals surface area contributed by atoms with Gasteiger partial charge in [0, 0.05) is 36.6 Å². The fourth-order valence-corrected chi connectivity index (χ4v) is 4.48. The zero-order chi connectivity index (χ0) is 29.5. The molecule has 0 aromatic heterocycles. The number of hydrogen-bond donors (Lipinski definition) is 0. The van der Waals surface area contributed by atoms with Crippen LogP contribution < -0.4 is 19.5 Å². The summed E-state index contributed by atoms with van der Waals surface area (Å²) in [6, 6.07) is 4.48. The fraction of sp³-hybridized carbons (Fsp3) is 0.519. The van der Waals surface area contributed by atoms with Gasteiger partial charge in [-0.3, -0.25) is 4.79 Å². The van der Waals surface area contributed by atoms with Crippen molar-refractivity contribution in [3.63, 3.8) is 0 Å². The monoisotopic (exact) mass is 573 g/mol. The van der Waals surface area contributed by atoms with Crippen molar-refractivity contribution in [3.05, 3.63) is 47.0 Å². The number of halogens is 6. The molecule has 1 radical (unpaired) electrons. The Kier molecular flexibility index (Phi) is 10.7. The molecule has 2 aromatic carbocycles. The summed E-state index contributed by atoms with van der Waals surface area (Å²) in [7, 11) is -1.18. The third-order valence-corrected chi connectivity index (χ3v) is 5.66. The van der Waals surface area contributed by atoms with Crippen LogP contribution >= 0.6 is 8.58 Å².